The molecule has 3 rings (SSSR count). The molecule has 0 atom stereocenters. The van der Waals surface area contributed by atoms with Crippen LogP contribution in [0, 0.1) is 24.0 Å². The normalized spacial score (nSPS) is 9.91. The Kier molecular flexibility index (Phi) is 8.77. The van der Waals surface area contributed by atoms with Crippen LogP contribution in [0.3, 0.4) is 0 Å². The van der Waals surface area contributed by atoms with Gasteiger partial charge in [0.1, 0.15) is 6.61 Å². The van der Waals surface area contributed by atoms with Gasteiger partial charge in [-0.1, -0.05) is 42.5 Å². The number of nitro benzene ring substituents is 1. The second kappa shape index (κ2) is 11.5. The summed E-state index contributed by atoms with van der Waals surface area (Å²) < 4.78 is 10.6. The van der Waals surface area contributed by atoms with Crippen molar-refractivity contribution in [1.29, 1.82) is 0 Å². The third kappa shape index (κ3) is 7.43. The van der Waals surface area contributed by atoms with Crippen LogP contribution in [0.4, 0.5) is 11.4 Å². The standard InChI is InChI=1S/C14H13NO3.C11H15NO2/c1-11-7-8-14(13(9-11)15(16)17)18-10-12-5-3-2-4-6-12;1-8-5-6-11(14-9(2)13)10(7-8)12(3)4/h2-9H,10H2,1H3;5-7H,1-4H3. The van der Waals surface area contributed by atoms with Gasteiger partial charge in [-0.15, -0.1) is 0 Å². The number of nitro groups is 1. The highest BCUT2D eigenvalue weighted by Crippen LogP contribution is 2.29. The van der Waals surface area contributed by atoms with E-state index in [4.69, 9.17) is 9.47 Å². The van der Waals surface area contributed by atoms with Gasteiger partial charge in [0.05, 0.1) is 10.6 Å². The third-order valence-corrected chi connectivity index (χ3v) is 4.40. The summed E-state index contributed by atoms with van der Waals surface area (Å²) in [6, 6.07) is 20.2. The van der Waals surface area contributed by atoms with Gasteiger partial charge >= 0.3 is 11.7 Å². The Hall–Kier alpha value is -3.87. The molecule has 0 bridgehead atoms. The number of hydrogen-bond donors (Lipinski definition) is 0. The fourth-order valence-electron chi connectivity index (χ4n) is 2.85. The smallest absolute Gasteiger partial charge is 0.311 e. The molecule has 7 nitrogen and oxygen atoms in total. The predicted molar refractivity (Wildman–Crippen MR) is 125 cm³/mol. The predicted octanol–water partition coefficient (Wildman–Crippen LogP) is 5.47. The molecular weight excluding hydrogens is 408 g/mol. The molecule has 0 radical (unpaired) electrons. The Bertz CT molecular complexity index is 1070. The molecular formula is C25H28N2O5. The molecule has 0 heterocycles. The summed E-state index contributed by atoms with van der Waals surface area (Å²) in [5.41, 5.74) is 3.89. The number of carbonyl (C=O) groups is 1. The van der Waals surface area contributed by atoms with Crippen molar-refractivity contribution in [3.8, 4) is 11.5 Å². The van der Waals surface area contributed by atoms with Crippen LogP contribution in [0.15, 0.2) is 66.7 Å². The first kappa shape index (κ1) is 24.4. The first-order valence-corrected chi connectivity index (χ1v) is 10.1. The van der Waals surface area contributed by atoms with Crippen molar-refractivity contribution < 1.29 is 19.2 Å². The highest BCUT2D eigenvalue weighted by atomic mass is 16.6. The molecule has 0 saturated carbocycles. The number of nitrogens with zero attached hydrogens (tertiary/aromatic N) is 2. The van der Waals surface area contributed by atoms with Gasteiger partial charge in [-0.2, -0.15) is 0 Å². The lowest BCUT2D eigenvalue weighted by Crippen LogP contribution is -2.12. The zero-order chi connectivity index (χ0) is 23.7. The van der Waals surface area contributed by atoms with E-state index < -0.39 is 4.92 Å². The van der Waals surface area contributed by atoms with Gasteiger partial charge in [-0.25, -0.2) is 0 Å². The van der Waals surface area contributed by atoms with Crippen LogP contribution >= 0.6 is 0 Å². The molecule has 3 aromatic rings. The first-order chi connectivity index (χ1) is 15.2. The van der Waals surface area contributed by atoms with Gasteiger partial charge in [-0.05, 0) is 48.7 Å². The highest BCUT2D eigenvalue weighted by molar-refractivity contribution is 5.73. The number of aryl methyl sites for hydroxylation is 2. The fraction of sp³-hybridized carbons (Fsp3) is 0.240. The summed E-state index contributed by atoms with van der Waals surface area (Å²) in [5.74, 6) is 0.611. The van der Waals surface area contributed by atoms with Gasteiger partial charge in [0.15, 0.2) is 11.5 Å². The molecule has 0 saturated heterocycles. The van der Waals surface area contributed by atoms with Crippen molar-refractivity contribution in [2.75, 3.05) is 19.0 Å². The zero-order valence-corrected chi connectivity index (χ0v) is 19.0. The molecule has 0 N–H and O–H groups in total. The van der Waals surface area contributed by atoms with Crippen LogP contribution in [-0.2, 0) is 11.4 Å². The van der Waals surface area contributed by atoms with Gasteiger partial charge < -0.3 is 14.4 Å². The molecule has 0 aromatic heterocycles. The van der Waals surface area contributed by atoms with Crippen molar-refractivity contribution in [3.05, 3.63) is 93.5 Å². The van der Waals surface area contributed by atoms with Crippen molar-refractivity contribution >= 4 is 17.3 Å². The second-order valence-corrected chi connectivity index (χ2v) is 7.46. The summed E-state index contributed by atoms with van der Waals surface area (Å²) in [4.78, 5) is 23.2. The zero-order valence-electron chi connectivity index (χ0n) is 19.0. The summed E-state index contributed by atoms with van der Waals surface area (Å²) in [7, 11) is 3.84. The monoisotopic (exact) mass is 436 g/mol. The summed E-state index contributed by atoms with van der Waals surface area (Å²) >= 11 is 0. The van der Waals surface area contributed by atoms with Crippen LogP contribution in [0.1, 0.15) is 23.6 Å². The number of benzene rings is 3. The molecule has 0 aliphatic rings. The number of rotatable bonds is 6. The Morgan fingerprint density at radius 3 is 2.09 bits per heavy atom. The van der Waals surface area contributed by atoms with E-state index in [1.807, 2.05) is 81.4 Å². The largest absolute Gasteiger partial charge is 0.482 e. The van der Waals surface area contributed by atoms with E-state index in [1.54, 1.807) is 12.1 Å². The van der Waals surface area contributed by atoms with E-state index in [-0.39, 0.29) is 11.7 Å². The lowest BCUT2D eigenvalue weighted by molar-refractivity contribution is -0.386. The SMILES string of the molecule is CC(=O)Oc1ccc(C)cc1N(C)C.Cc1ccc(OCc2ccccc2)c([N+](=O)[O-])c1. The van der Waals surface area contributed by atoms with E-state index >= 15 is 0 Å². The lowest BCUT2D eigenvalue weighted by Gasteiger charge is -2.17. The first-order valence-electron chi connectivity index (χ1n) is 10.1. The van der Waals surface area contributed by atoms with Crippen molar-refractivity contribution in [1.82, 2.24) is 0 Å². The molecule has 32 heavy (non-hydrogen) atoms. The maximum Gasteiger partial charge on any atom is 0.311 e. The topological polar surface area (TPSA) is 81.9 Å². The molecule has 7 heteroatoms. The van der Waals surface area contributed by atoms with Crippen LogP contribution < -0.4 is 14.4 Å². The summed E-state index contributed by atoms with van der Waals surface area (Å²) in [6.45, 7) is 5.54. The Morgan fingerprint density at radius 2 is 1.53 bits per heavy atom. The number of esters is 1. The number of carbonyl (C=O) groups excluding carboxylic acids is 1. The minimum absolute atomic E-state index is 0.00549. The van der Waals surface area contributed by atoms with Gasteiger partial charge in [0.2, 0.25) is 0 Å². The quantitative estimate of drug-likeness (QED) is 0.221. The molecule has 0 spiro atoms. The van der Waals surface area contributed by atoms with Gasteiger partial charge in [-0.3, -0.25) is 14.9 Å². The third-order valence-electron chi connectivity index (χ3n) is 4.40. The minimum Gasteiger partial charge on any atom is -0.482 e. The second-order valence-electron chi connectivity index (χ2n) is 7.46. The number of anilines is 1. The minimum atomic E-state index is -0.423. The molecule has 3 aromatic carbocycles. The Balaban J connectivity index is 0.000000235. The summed E-state index contributed by atoms with van der Waals surface area (Å²) in [5, 5.41) is 10.9. The van der Waals surface area contributed by atoms with E-state index in [1.165, 1.54) is 13.0 Å². The Morgan fingerprint density at radius 1 is 0.938 bits per heavy atom. The molecule has 0 aliphatic heterocycles. The van der Waals surface area contributed by atoms with Crippen LogP contribution in [0.5, 0.6) is 11.5 Å². The molecule has 0 amide bonds. The number of hydrogen-bond acceptors (Lipinski definition) is 6. The number of ether oxygens (including phenoxy) is 2. The fourth-order valence-corrected chi connectivity index (χ4v) is 2.85. The van der Waals surface area contributed by atoms with E-state index in [0.29, 0.717) is 18.1 Å². The van der Waals surface area contributed by atoms with Gasteiger partial charge in [0.25, 0.3) is 0 Å². The van der Waals surface area contributed by atoms with Gasteiger partial charge in [0, 0.05) is 27.1 Å². The molecule has 0 aliphatic carbocycles. The van der Waals surface area contributed by atoms with Crippen molar-refractivity contribution in [3.63, 3.8) is 0 Å². The van der Waals surface area contributed by atoms with Crippen molar-refractivity contribution in [2.45, 2.75) is 27.4 Å². The maximum atomic E-state index is 10.9. The van der Waals surface area contributed by atoms with E-state index in [2.05, 4.69) is 0 Å². The molecule has 168 valence electrons. The molecule has 0 unspecified atom stereocenters. The highest BCUT2D eigenvalue weighted by Gasteiger charge is 2.15. The summed E-state index contributed by atoms with van der Waals surface area (Å²) in [6.07, 6.45) is 0. The van der Waals surface area contributed by atoms with Crippen LogP contribution in [0.2, 0.25) is 0 Å². The maximum absolute atomic E-state index is 10.9. The average Bonchev–Trinajstić information content (AvgIpc) is 2.74. The van der Waals surface area contributed by atoms with E-state index in [9.17, 15) is 14.9 Å². The Labute approximate surface area is 188 Å². The lowest BCUT2D eigenvalue weighted by atomic mass is 10.2. The van der Waals surface area contributed by atoms with E-state index in [0.717, 1.165) is 22.4 Å². The average molecular weight is 437 g/mol. The van der Waals surface area contributed by atoms with Crippen LogP contribution in [-0.4, -0.2) is 25.0 Å². The van der Waals surface area contributed by atoms with Crippen LogP contribution in [0.25, 0.3) is 0 Å². The van der Waals surface area contributed by atoms with Crippen molar-refractivity contribution in [2.24, 2.45) is 0 Å². The molecule has 0 fully saturated rings.